The maximum absolute atomic E-state index is 5.02. The van der Waals surface area contributed by atoms with Crippen molar-refractivity contribution in [1.29, 1.82) is 0 Å². The smallest absolute Gasteiger partial charge is 0.146 e. The minimum atomic E-state index is 0. The molecule has 1 radical (unpaired) electrons. The maximum atomic E-state index is 5.02. The molecule has 0 aliphatic carbocycles. The van der Waals surface area contributed by atoms with Gasteiger partial charge in [0.1, 0.15) is 11.6 Å². The zero-order valence-corrected chi connectivity index (χ0v) is 23.1. The average molecular weight is 692 g/mol. The Bertz CT molecular complexity index is 1710. The van der Waals surface area contributed by atoms with Gasteiger partial charge < -0.3 is 12.4 Å². The second-order valence-electron chi connectivity index (χ2n) is 8.67. The summed E-state index contributed by atoms with van der Waals surface area (Å²) in [5, 5.41) is 0. The quantitative estimate of drug-likeness (QED) is 0.273. The van der Waals surface area contributed by atoms with E-state index in [2.05, 4.69) is 118 Å². The average Bonchev–Trinajstić information content (AvgIpc) is 3.53. The fourth-order valence-corrected chi connectivity index (χ4v) is 4.82. The minimum Gasteiger partial charge on any atom is -1.00 e. The molecule has 187 valence electrons. The molecule has 0 atom stereocenters. The third-order valence-electron chi connectivity index (χ3n) is 6.43. The Morgan fingerprint density at radius 3 is 1.29 bits per heavy atom. The van der Waals surface area contributed by atoms with E-state index in [1.54, 1.807) is 0 Å². The van der Waals surface area contributed by atoms with Crippen molar-refractivity contribution in [3.63, 3.8) is 0 Å². The van der Waals surface area contributed by atoms with Crippen LogP contribution in [0.4, 0.5) is 0 Å². The van der Waals surface area contributed by atoms with Crippen molar-refractivity contribution in [3.8, 4) is 34.2 Å². The zero-order valence-electron chi connectivity index (χ0n) is 20.1. The van der Waals surface area contributed by atoms with E-state index >= 15 is 0 Å². The van der Waals surface area contributed by atoms with Crippen molar-refractivity contribution < 1.29 is 33.5 Å². The van der Waals surface area contributed by atoms with Crippen LogP contribution in [-0.2, 0) is 21.1 Å². The topological polar surface area (TPSA) is 35.6 Å². The molecule has 0 saturated heterocycles. The van der Waals surface area contributed by atoms with Gasteiger partial charge in [-0.15, -0.1) is 0 Å². The standard InChI is InChI=1S/C32H21N4.ClH.Pt/c1-3-14-25(15-4-1)35-29-20-9-7-18-27(29)33-31(35)23-12-11-13-24(22-23)32-34-28-19-8-10-21-30(28)36(32)26-16-5-2-6-17-26;;/h1-21H;1H;/p-1. The van der Waals surface area contributed by atoms with Crippen molar-refractivity contribution in [1.82, 2.24) is 19.1 Å². The molecule has 4 nitrogen and oxygen atoms in total. The molecule has 5 aromatic carbocycles. The molecule has 0 N–H and O–H groups in total. The summed E-state index contributed by atoms with van der Waals surface area (Å²) in [5.74, 6) is 1.71. The number of halogens is 1. The number of rotatable bonds is 4. The van der Waals surface area contributed by atoms with E-state index in [0.29, 0.717) is 0 Å². The van der Waals surface area contributed by atoms with Crippen LogP contribution in [0.15, 0.2) is 127 Å². The summed E-state index contributed by atoms with van der Waals surface area (Å²) >= 11 is 0. The number of nitrogens with zero attached hydrogens (tertiary/aromatic N) is 4. The molecule has 0 aliphatic rings. The van der Waals surface area contributed by atoms with Crippen LogP contribution in [-0.4, -0.2) is 19.1 Å². The molecule has 6 heteroatoms. The van der Waals surface area contributed by atoms with E-state index in [0.717, 1.165) is 56.2 Å². The van der Waals surface area contributed by atoms with E-state index in [1.165, 1.54) is 0 Å². The van der Waals surface area contributed by atoms with Gasteiger partial charge in [-0.3, -0.25) is 9.13 Å². The first-order chi connectivity index (χ1) is 17.9. The molecule has 7 aromatic rings. The van der Waals surface area contributed by atoms with Crippen LogP contribution in [0.3, 0.4) is 0 Å². The predicted octanol–water partition coefficient (Wildman–Crippen LogP) is 4.50. The number of aromatic nitrogens is 4. The normalized spacial score (nSPS) is 10.7. The van der Waals surface area contributed by atoms with Crippen molar-refractivity contribution in [2.24, 2.45) is 0 Å². The molecule has 0 fully saturated rings. The number of benzene rings is 5. The number of hydrogen-bond acceptors (Lipinski definition) is 2. The molecule has 7 rings (SSSR count). The molecule has 0 bridgehead atoms. The summed E-state index contributed by atoms with van der Waals surface area (Å²) in [6.45, 7) is 0. The van der Waals surface area contributed by atoms with Gasteiger partial charge in [0.2, 0.25) is 0 Å². The van der Waals surface area contributed by atoms with Gasteiger partial charge in [0.25, 0.3) is 0 Å². The molecule has 38 heavy (non-hydrogen) atoms. The van der Waals surface area contributed by atoms with Gasteiger partial charge >= 0.3 is 0 Å². The second-order valence-corrected chi connectivity index (χ2v) is 8.67. The van der Waals surface area contributed by atoms with Gasteiger partial charge in [-0.05, 0) is 48.5 Å². The molecule has 2 heterocycles. The molecule has 0 amide bonds. The van der Waals surface area contributed by atoms with Gasteiger partial charge in [-0.25, -0.2) is 9.97 Å². The van der Waals surface area contributed by atoms with Crippen LogP contribution in [0.5, 0.6) is 0 Å². The largest absolute Gasteiger partial charge is 1.00 e. The van der Waals surface area contributed by atoms with E-state index in [4.69, 9.17) is 9.97 Å². The van der Waals surface area contributed by atoms with Crippen LogP contribution in [0.1, 0.15) is 0 Å². The Balaban J connectivity index is 0.00000147. The monoisotopic (exact) mass is 691 g/mol. The number of para-hydroxylation sites is 6. The molecular formula is C32H21ClN4Pt-. The first-order valence-corrected chi connectivity index (χ1v) is 12.0. The van der Waals surface area contributed by atoms with Gasteiger partial charge in [0, 0.05) is 49.6 Å². The predicted molar refractivity (Wildman–Crippen MR) is 145 cm³/mol. The second kappa shape index (κ2) is 10.8. The fraction of sp³-hybridized carbons (Fsp3) is 0. The van der Waals surface area contributed by atoms with Crippen molar-refractivity contribution >= 4 is 22.1 Å². The molecule has 0 saturated carbocycles. The Labute approximate surface area is 241 Å². The van der Waals surface area contributed by atoms with Crippen molar-refractivity contribution in [3.05, 3.63) is 133 Å². The summed E-state index contributed by atoms with van der Waals surface area (Å²) in [7, 11) is 0. The van der Waals surface area contributed by atoms with E-state index in [-0.39, 0.29) is 33.5 Å². The minimum absolute atomic E-state index is 0. The maximum Gasteiger partial charge on any atom is 0.146 e. The molecular weight excluding hydrogens is 671 g/mol. The van der Waals surface area contributed by atoms with Crippen LogP contribution in [0.2, 0.25) is 0 Å². The van der Waals surface area contributed by atoms with Crippen LogP contribution in [0, 0.1) is 6.07 Å². The summed E-state index contributed by atoms with van der Waals surface area (Å²) in [6.07, 6.45) is 0. The Hall–Kier alpha value is -3.98. The summed E-state index contributed by atoms with van der Waals surface area (Å²) in [5.41, 5.74) is 7.99. The number of imidazole rings is 2. The van der Waals surface area contributed by atoms with E-state index < -0.39 is 0 Å². The first-order valence-electron chi connectivity index (χ1n) is 12.0. The SMILES string of the molecule is [Cl-].[Pt].[c]1c(-c2nc3ccccc3n2-c2ccccc2)cccc1-c1nc2ccccc2n1-c1ccccc1. The van der Waals surface area contributed by atoms with Crippen LogP contribution in [0.25, 0.3) is 56.2 Å². The molecule has 2 aromatic heterocycles. The van der Waals surface area contributed by atoms with Gasteiger partial charge in [-0.1, -0.05) is 78.9 Å². The van der Waals surface area contributed by atoms with Gasteiger partial charge in [-0.2, -0.15) is 0 Å². The molecule has 0 aliphatic heterocycles. The fourth-order valence-electron chi connectivity index (χ4n) is 4.82. The summed E-state index contributed by atoms with van der Waals surface area (Å²) in [4.78, 5) is 10.0. The third kappa shape index (κ3) is 4.36. The Morgan fingerprint density at radius 2 is 0.842 bits per heavy atom. The zero-order chi connectivity index (χ0) is 23.9. The van der Waals surface area contributed by atoms with Crippen molar-refractivity contribution in [2.45, 2.75) is 0 Å². The van der Waals surface area contributed by atoms with Gasteiger partial charge in [0.15, 0.2) is 0 Å². The third-order valence-corrected chi connectivity index (χ3v) is 6.43. The van der Waals surface area contributed by atoms with Gasteiger partial charge in [0.05, 0.1) is 22.1 Å². The van der Waals surface area contributed by atoms with E-state index in [9.17, 15) is 0 Å². The molecule has 0 unspecified atom stereocenters. The summed E-state index contributed by atoms with van der Waals surface area (Å²) < 4.78 is 4.40. The van der Waals surface area contributed by atoms with Crippen LogP contribution < -0.4 is 12.4 Å². The first kappa shape index (κ1) is 25.7. The summed E-state index contributed by atoms with van der Waals surface area (Å²) in [6, 6.07) is 47.0. The Morgan fingerprint density at radius 1 is 0.447 bits per heavy atom. The Kier molecular flexibility index (Phi) is 7.28. The van der Waals surface area contributed by atoms with Crippen molar-refractivity contribution in [2.75, 3.05) is 0 Å². The number of hydrogen-bond donors (Lipinski definition) is 0. The van der Waals surface area contributed by atoms with E-state index in [1.807, 2.05) is 24.3 Å². The van der Waals surface area contributed by atoms with Crippen LogP contribution >= 0.6 is 0 Å². The molecule has 0 spiro atoms. The number of fused-ring (bicyclic) bond motifs is 2.